The van der Waals surface area contributed by atoms with Crippen molar-refractivity contribution in [3.63, 3.8) is 0 Å². The second-order valence-corrected chi connectivity index (χ2v) is 4.86. The molecule has 2 nitrogen and oxygen atoms in total. The summed E-state index contributed by atoms with van der Waals surface area (Å²) in [6, 6.07) is 5.46. The summed E-state index contributed by atoms with van der Waals surface area (Å²) in [5, 5.41) is 4.73. The Balaban J connectivity index is 1.90. The lowest BCUT2D eigenvalue weighted by molar-refractivity contribution is 0.0253. The highest BCUT2D eigenvalue weighted by molar-refractivity contribution is 6.33. The van der Waals surface area contributed by atoms with Gasteiger partial charge in [-0.1, -0.05) is 23.2 Å². The van der Waals surface area contributed by atoms with Crippen LogP contribution in [0.1, 0.15) is 18.4 Å². The van der Waals surface area contributed by atoms with Crippen LogP contribution in [0.25, 0.3) is 0 Å². The van der Waals surface area contributed by atoms with E-state index in [1.807, 2.05) is 12.1 Å². The zero-order chi connectivity index (χ0) is 11.4. The van der Waals surface area contributed by atoms with Gasteiger partial charge < -0.3 is 10.1 Å². The maximum Gasteiger partial charge on any atom is 0.0736 e. The first-order valence-electron chi connectivity index (χ1n) is 5.52. The molecule has 1 aliphatic heterocycles. The molecule has 1 aromatic carbocycles. The van der Waals surface area contributed by atoms with Gasteiger partial charge in [-0.05, 0) is 43.1 Å². The van der Waals surface area contributed by atoms with E-state index in [2.05, 4.69) is 5.32 Å². The van der Waals surface area contributed by atoms with Crippen molar-refractivity contribution in [1.29, 1.82) is 0 Å². The second kappa shape index (κ2) is 5.87. The first-order chi connectivity index (χ1) is 7.75. The second-order valence-electron chi connectivity index (χ2n) is 4.02. The van der Waals surface area contributed by atoms with Gasteiger partial charge >= 0.3 is 0 Å². The molecule has 0 aliphatic carbocycles. The number of piperidine rings is 1. The average molecular weight is 260 g/mol. The van der Waals surface area contributed by atoms with Crippen LogP contribution in [0.5, 0.6) is 0 Å². The normalized spacial score (nSPS) is 21.0. The molecule has 0 radical (unpaired) electrons. The Morgan fingerprint density at radius 1 is 1.38 bits per heavy atom. The van der Waals surface area contributed by atoms with Crippen LogP contribution in [0.3, 0.4) is 0 Å². The Morgan fingerprint density at radius 3 is 3.00 bits per heavy atom. The summed E-state index contributed by atoms with van der Waals surface area (Å²) in [7, 11) is 0. The Kier molecular flexibility index (Phi) is 4.47. The molecule has 1 aromatic rings. The third-order valence-electron chi connectivity index (χ3n) is 2.73. The van der Waals surface area contributed by atoms with E-state index in [1.54, 1.807) is 6.07 Å². The van der Waals surface area contributed by atoms with Gasteiger partial charge in [-0.2, -0.15) is 0 Å². The van der Waals surface area contributed by atoms with Crippen molar-refractivity contribution in [2.75, 3.05) is 13.1 Å². The third-order valence-corrected chi connectivity index (χ3v) is 3.34. The van der Waals surface area contributed by atoms with Crippen molar-refractivity contribution in [1.82, 2.24) is 5.32 Å². The SMILES string of the molecule is Clc1ccc(Cl)c(CO[C@@H]2CCCNC2)c1. The molecular weight excluding hydrogens is 245 g/mol. The highest BCUT2D eigenvalue weighted by atomic mass is 35.5. The summed E-state index contributed by atoms with van der Waals surface area (Å²) in [5.41, 5.74) is 0.958. The molecule has 1 aliphatic rings. The molecule has 1 N–H and O–H groups in total. The molecule has 0 bridgehead atoms. The monoisotopic (exact) mass is 259 g/mol. The molecule has 1 heterocycles. The van der Waals surface area contributed by atoms with E-state index < -0.39 is 0 Å². The van der Waals surface area contributed by atoms with Gasteiger partial charge in [-0.25, -0.2) is 0 Å². The predicted octanol–water partition coefficient (Wildman–Crippen LogP) is 3.26. The first kappa shape index (κ1) is 12.2. The third kappa shape index (κ3) is 3.36. The standard InChI is InChI=1S/C12H15Cl2NO/c13-10-3-4-12(14)9(6-10)8-16-11-2-1-5-15-7-11/h3-4,6,11,15H,1-2,5,7-8H2/t11-/m1/s1. The molecule has 0 unspecified atom stereocenters. The maximum absolute atomic E-state index is 6.06. The van der Waals surface area contributed by atoms with Gasteiger partial charge in [0.2, 0.25) is 0 Å². The molecule has 0 aromatic heterocycles. The van der Waals surface area contributed by atoms with E-state index >= 15 is 0 Å². The van der Waals surface area contributed by atoms with Crippen LogP contribution in [0.2, 0.25) is 10.0 Å². The lowest BCUT2D eigenvalue weighted by Crippen LogP contribution is -2.35. The molecule has 88 valence electrons. The number of benzene rings is 1. The highest BCUT2D eigenvalue weighted by Gasteiger charge is 2.13. The van der Waals surface area contributed by atoms with E-state index in [0.717, 1.165) is 25.1 Å². The highest BCUT2D eigenvalue weighted by Crippen LogP contribution is 2.22. The zero-order valence-electron chi connectivity index (χ0n) is 9.01. The van der Waals surface area contributed by atoms with Crippen molar-refractivity contribution in [3.8, 4) is 0 Å². The quantitative estimate of drug-likeness (QED) is 0.900. The van der Waals surface area contributed by atoms with Crippen LogP contribution < -0.4 is 5.32 Å². The van der Waals surface area contributed by atoms with Crippen molar-refractivity contribution in [2.24, 2.45) is 0 Å². The van der Waals surface area contributed by atoms with Gasteiger partial charge in [0.1, 0.15) is 0 Å². The number of hydrogen-bond donors (Lipinski definition) is 1. The topological polar surface area (TPSA) is 21.3 Å². The lowest BCUT2D eigenvalue weighted by atomic mass is 10.1. The molecule has 1 fully saturated rings. The molecule has 0 saturated carbocycles. The number of nitrogens with one attached hydrogen (secondary N) is 1. The minimum atomic E-state index is 0.295. The minimum Gasteiger partial charge on any atom is -0.372 e. The number of rotatable bonds is 3. The van der Waals surface area contributed by atoms with Gasteiger partial charge in [0.05, 0.1) is 12.7 Å². The summed E-state index contributed by atoms with van der Waals surface area (Å²) < 4.78 is 5.80. The van der Waals surface area contributed by atoms with E-state index in [-0.39, 0.29) is 0 Å². The molecule has 1 atom stereocenters. The van der Waals surface area contributed by atoms with Crippen molar-refractivity contribution >= 4 is 23.2 Å². The van der Waals surface area contributed by atoms with Crippen molar-refractivity contribution in [3.05, 3.63) is 33.8 Å². The van der Waals surface area contributed by atoms with Gasteiger partial charge in [0.15, 0.2) is 0 Å². The van der Waals surface area contributed by atoms with Gasteiger partial charge in [-0.15, -0.1) is 0 Å². The van der Waals surface area contributed by atoms with Crippen LogP contribution >= 0.6 is 23.2 Å². The fourth-order valence-corrected chi connectivity index (χ4v) is 2.19. The Hall–Kier alpha value is -0.280. The molecule has 16 heavy (non-hydrogen) atoms. The van der Waals surface area contributed by atoms with E-state index in [0.29, 0.717) is 22.8 Å². The van der Waals surface area contributed by atoms with Crippen LogP contribution in [-0.4, -0.2) is 19.2 Å². The predicted molar refractivity (Wildman–Crippen MR) is 67.1 cm³/mol. The van der Waals surface area contributed by atoms with Crippen LogP contribution in [0.15, 0.2) is 18.2 Å². The first-order valence-corrected chi connectivity index (χ1v) is 6.27. The van der Waals surface area contributed by atoms with E-state index in [4.69, 9.17) is 27.9 Å². The molecule has 1 saturated heterocycles. The summed E-state index contributed by atoms with van der Waals surface area (Å²) in [4.78, 5) is 0. The fourth-order valence-electron chi connectivity index (χ4n) is 1.82. The smallest absolute Gasteiger partial charge is 0.0736 e. The van der Waals surface area contributed by atoms with Gasteiger partial charge in [0, 0.05) is 16.6 Å². The molecule has 0 amide bonds. The summed E-state index contributed by atoms with van der Waals surface area (Å²) >= 11 is 12.0. The molecule has 2 rings (SSSR count). The van der Waals surface area contributed by atoms with Gasteiger partial charge in [-0.3, -0.25) is 0 Å². The van der Waals surface area contributed by atoms with Crippen LogP contribution in [0.4, 0.5) is 0 Å². The minimum absolute atomic E-state index is 0.295. The zero-order valence-corrected chi connectivity index (χ0v) is 10.5. The summed E-state index contributed by atoms with van der Waals surface area (Å²) in [5.74, 6) is 0. The Labute approximate surface area is 106 Å². The number of halogens is 2. The Morgan fingerprint density at radius 2 is 2.25 bits per heavy atom. The summed E-state index contributed by atoms with van der Waals surface area (Å²) in [6.07, 6.45) is 2.59. The van der Waals surface area contributed by atoms with Gasteiger partial charge in [0.25, 0.3) is 0 Å². The summed E-state index contributed by atoms with van der Waals surface area (Å²) in [6.45, 7) is 2.56. The lowest BCUT2D eigenvalue weighted by Gasteiger charge is -2.23. The maximum atomic E-state index is 6.06. The number of ether oxygens (including phenoxy) is 1. The molecular formula is C12H15Cl2NO. The van der Waals surface area contributed by atoms with Crippen molar-refractivity contribution < 1.29 is 4.74 Å². The van der Waals surface area contributed by atoms with E-state index in [1.165, 1.54) is 6.42 Å². The van der Waals surface area contributed by atoms with Crippen LogP contribution in [0, 0.1) is 0 Å². The van der Waals surface area contributed by atoms with E-state index in [9.17, 15) is 0 Å². The Bertz CT molecular complexity index is 351. The molecule has 0 spiro atoms. The number of hydrogen-bond acceptors (Lipinski definition) is 2. The van der Waals surface area contributed by atoms with Crippen LogP contribution in [-0.2, 0) is 11.3 Å². The largest absolute Gasteiger partial charge is 0.372 e. The molecule has 4 heteroatoms. The average Bonchev–Trinajstić information content (AvgIpc) is 2.32. The fraction of sp³-hybridized carbons (Fsp3) is 0.500. The van der Waals surface area contributed by atoms with Crippen molar-refractivity contribution in [2.45, 2.75) is 25.6 Å².